The van der Waals surface area contributed by atoms with E-state index in [-0.39, 0.29) is 24.4 Å². The molecule has 0 atom stereocenters. The third kappa shape index (κ3) is 5.64. The lowest BCUT2D eigenvalue weighted by Gasteiger charge is -2.35. The van der Waals surface area contributed by atoms with Crippen LogP contribution in [0.5, 0.6) is 0 Å². The predicted octanol–water partition coefficient (Wildman–Crippen LogP) is 1.36. The molecule has 1 saturated heterocycles. The Balaban J connectivity index is 1.26. The summed E-state index contributed by atoms with van der Waals surface area (Å²) in [6.45, 7) is 3.76. The van der Waals surface area contributed by atoms with E-state index < -0.39 is 0 Å². The van der Waals surface area contributed by atoms with Crippen molar-refractivity contribution in [1.29, 1.82) is 0 Å². The SMILES string of the molecule is CN(C)Cc1ccc(N2CCN(C(=O)c3cnn(CC(=O)NC4CCCC4)c3)CC2)nc1. The maximum Gasteiger partial charge on any atom is 0.257 e. The molecule has 0 radical (unpaired) electrons. The third-order valence-corrected chi connectivity index (χ3v) is 6.10. The van der Waals surface area contributed by atoms with Gasteiger partial charge in [-0.15, -0.1) is 0 Å². The number of anilines is 1. The lowest BCUT2D eigenvalue weighted by molar-refractivity contribution is -0.122. The minimum absolute atomic E-state index is 0.0404. The highest BCUT2D eigenvalue weighted by Crippen LogP contribution is 2.18. The lowest BCUT2D eigenvalue weighted by Crippen LogP contribution is -2.49. The van der Waals surface area contributed by atoms with Crippen molar-refractivity contribution in [3.8, 4) is 0 Å². The minimum atomic E-state index is -0.0447. The minimum Gasteiger partial charge on any atom is -0.353 e. The average Bonchev–Trinajstić information content (AvgIpc) is 3.46. The van der Waals surface area contributed by atoms with E-state index in [1.54, 1.807) is 17.1 Å². The molecule has 1 aliphatic carbocycles. The van der Waals surface area contributed by atoms with Crippen molar-refractivity contribution < 1.29 is 9.59 Å². The molecular formula is C23H33N7O2. The monoisotopic (exact) mass is 439 g/mol. The van der Waals surface area contributed by atoms with E-state index in [0.717, 1.165) is 38.3 Å². The summed E-state index contributed by atoms with van der Waals surface area (Å²) in [7, 11) is 4.08. The number of piperazine rings is 1. The van der Waals surface area contributed by atoms with Gasteiger partial charge in [0.25, 0.3) is 5.91 Å². The van der Waals surface area contributed by atoms with Crippen LogP contribution in [0.15, 0.2) is 30.7 Å². The van der Waals surface area contributed by atoms with Crippen molar-refractivity contribution in [2.45, 2.75) is 44.8 Å². The molecule has 1 saturated carbocycles. The van der Waals surface area contributed by atoms with Gasteiger partial charge in [-0.3, -0.25) is 14.3 Å². The van der Waals surface area contributed by atoms with Crippen LogP contribution in [0.4, 0.5) is 5.82 Å². The first-order chi connectivity index (χ1) is 15.5. The molecule has 0 unspecified atom stereocenters. The first-order valence-corrected chi connectivity index (χ1v) is 11.4. The number of hydrogen-bond donors (Lipinski definition) is 1. The zero-order valence-corrected chi connectivity index (χ0v) is 19.0. The molecule has 2 aromatic heterocycles. The van der Waals surface area contributed by atoms with Gasteiger partial charge in [-0.05, 0) is 38.6 Å². The summed E-state index contributed by atoms with van der Waals surface area (Å²) in [5.74, 6) is 0.860. The number of amides is 2. The Kier molecular flexibility index (Phi) is 7.04. The normalized spacial score (nSPS) is 17.2. The molecule has 172 valence electrons. The van der Waals surface area contributed by atoms with Gasteiger partial charge in [-0.2, -0.15) is 5.10 Å². The molecule has 0 aromatic carbocycles. The van der Waals surface area contributed by atoms with Crippen LogP contribution in [-0.4, -0.2) is 82.7 Å². The topological polar surface area (TPSA) is 86.6 Å². The molecule has 0 bridgehead atoms. The Labute approximate surface area is 189 Å². The van der Waals surface area contributed by atoms with E-state index in [0.29, 0.717) is 18.7 Å². The fourth-order valence-corrected chi connectivity index (χ4v) is 4.43. The average molecular weight is 440 g/mol. The van der Waals surface area contributed by atoms with Crippen molar-refractivity contribution in [2.24, 2.45) is 0 Å². The van der Waals surface area contributed by atoms with Gasteiger partial charge in [0.2, 0.25) is 5.91 Å². The molecule has 2 amide bonds. The van der Waals surface area contributed by atoms with Crippen molar-refractivity contribution in [2.75, 3.05) is 45.2 Å². The van der Waals surface area contributed by atoms with Crippen LogP contribution >= 0.6 is 0 Å². The molecule has 9 heteroatoms. The highest BCUT2D eigenvalue weighted by atomic mass is 16.2. The summed E-state index contributed by atoms with van der Waals surface area (Å²) in [4.78, 5) is 35.9. The van der Waals surface area contributed by atoms with Crippen LogP contribution in [0.3, 0.4) is 0 Å². The van der Waals surface area contributed by atoms with Gasteiger partial charge in [0, 0.05) is 51.2 Å². The zero-order chi connectivity index (χ0) is 22.5. The molecule has 1 aliphatic heterocycles. The Morgan fingerprint density at radius 2 is 1.84 bits per heavy atom. The standard InChI is InChI=1S/C23H33N7O2/c1-27(2)15-18-7-8-21(24-13-18)28-9-11-29(12-10-28)23(32)19-14-25-30(16-19)17-22(31)26-20-5-3-4-6-20/h7-8,13-14,16,20H,3-6,9-12,15,17H2,1-2H3,(H,26,31). The van der Waals surface area contributed by atoms with E-state index in [2.05, 4.69) is 37.3 Å². The van der Waals surface area contributed by atoms with Crippen LogP contribution in [-0.2, 0) is 17.9 Å². The maximum atomic E-state index is 12.9. The second-order valence-corrected chi connectivity index (χ2v) is 9.02. The molecule has 2 aromatic rings. The molecule has 1 N–H and O–H groups in total. The van der Waals surface area contributed by atoms with Gasteiger partial charge in [0.1, 0.15) is 12.4 Å². The van der Waals surface area contributed by atoms with Crippen molar-refractivity contribution in [1.82, 2.24) is 29.9 Å². The van der Waals surface area contributed by atoms with Crippen LogP contribution in [0.2, 0.25) is 0 Å². The Morgan fingerprint density at radius 1 is 1.09 bits per heavy atom. The smallest absolute Gasteiger partial charge is 0.257 e. The summed E-state index contributed by atoms with van der Waals surface area (Å²) in [6, 6.07) is 4.45. The Hall–Kier alpha value is -2.94. The van der Waals surface area contributed by atoms with Crippen molar-refractivity contribution in [3.05, 3.63) is 41.9 Å². The van der Waals surface area contributed by atoms with Crippen LogP contribution in [0.1, 0.15) is 41.6 Å². The van der Waals surface area contributed by atoms with Gasteiger partial charge in [0.15, 0.2) is 0 Å². The van der Waals surface area contributed by atoms with Gasteiger partial charge in [-0.25, -0.2) is 4.98 Å². The number of carbonyl (C=O) groups excluding carboxylic acids is 2. The number of pyridine rings is 1. The largest absolute Gasteiger partial charge is 0.353 e. The Bertz CT molecular complexity index is 911. The summed E-state index contributed by atoms with van der Waals surface area (Å²) in [5, 5.41) is 7.28. The van der Waals surface area contributed by atoms with Crippen LogP contribution < -0.4 is 10.2 Å². The number of hydrogen-bond acceptors (Lipinski definition) is 6. The molecule has 4 rings (SSSR count). The molecular weight excluding hydrogens is 406 g/mol. The van der Waals surface area contributed by atoms with Gasteiger partial charge < -0.3 is 20.0 Å². The van der Waals surface area contributed by atoms with E-state index in [1.807, 2.05) is 25.2 Å². The molecule has 2 aliphatic rings. The van der Waals surface area contributed by atoms with Crippen LogP contribution in [0.25, 0.3) is 0 Å². The van der Waals surface area contributed by atoms with Gasteiger partial charge in [-0.1, -0.05) is 18.9 Å². The highest BCUT2D eigenvalue weighted by molar-refractivity contribution is 5.94. The molecule has 3 heterocycles. The number of nitrogens with one attached hydrogen (secondary N) is 1. The summed E-state index contributed by atoms with van der Waals surface area (Å²) >= 11 is 0. The van der Waals surface area contributed by atoms with Gasteiger partial charge >= 0.3 is 0 Å². The summed E-state index contributed by atoms with van der Waals surface area (Å²) < 4.78 is 1.55. The molecule has 9 nitrogen and oxygen atoms in total. The van der Waals surface area contributed by atoms with E-state index in [9.17, 15) is 9.59 Å². The van der Waals surface area contributed by atoms with E-state index in [4.69, 9.17) is 0 Å². The van der Waals surface area contributed by atoms with E-state index in [1.165, 1.54) is 18.4 Å². The van der Waals surface area contributed by atoms with Crippen molar-refractivity contribution in [3.63, 3.8) is 0 Å². The second kappa shape index (κ2) is 10.1. The van der Waals surface area contributed by atoms with Crippen molar-refractivity contribution >= 4 is 17.6 Å². The number of carbonyl (C=O) groups is 2. The second-order valence-electron chi connectivity index (χ2n) is 9.02. The number of nitrogens with zero attached hydrogens (tertiary/aromatic N) is 6. The fourth-order valence-electron chi connectivity index (χ4n) is 4.43. The molecule has 2 fully saturated rings. The van der Waals surface area contributed by atoms with Crippen LogP contribution in [0, 0.1) is 0 Å². The predicted molar refractivity (Wildman–Crippen MR) is 122 cm³/mol. The number of rotatable bonds is 7. The number of aromatic nitrogens is 3. The van der Waals surface area contributed by atoms with E-state index >= 15 is 0 Å². The lowest BCUT2D eigenvalue weighted by atomic mass is 10.2. The summed E-state index contributed by atoms with van der Waals surface area (Å²) in [6.07, 6.45) is 9.61. The fraction of sp³-hybridized carbons (Fsp3) is 0.565. The first kappa shape index (κ1) is 22.3. The first-order valence-electron chi connectivity index (χ1n) is 11.4. The quantitative estimate of drug-likeness (QED) is 0.701. The maximum absolute atomic E-state index is 12.9. The zero-order valence-electron chi connectivity index (χ0n) is 19.0. The molecule has 32 heavy (non-hydrogen) atoms. The van der Waals surface area contributed by atoms with Gasteiger partial charge in [0.05, 0.1) is 11.8 Å². The molecule has 0 spiro atoms. The highest BCUT2D eigenvalue weighted by Gasteiger charge is 2.24. The third-order valence-electron chi connectivity index (χ3n) is 6.10. The summed E-state index contributed by atoms with van der Waals surface area (Å²) in [5.41, 5.74) is 1.71. The Morgan fingerprint density at radius 3 is 2.50 bits per heavy atom.